The van der Waals surface area contributed by atoms with Crippen LogP contribution in [0.3, 0.4) is 0 Å². The molecule has 8 heteroatoms. The van der Waals surface area contributed by atoms with Gasteiger partial charge < -0.3 is 10.4 Å². The highest BCUT2D eigenvalue weighted by Crippen LogP contribution is 2.16. The van der Waals surface area contributed by atoms with Crippen LogP contribution in [-0.2, 0) is 19.6 Å². The summed E-state index contributed by atoms with van der Waals surface area (Å²) < 4.78 is 24.8. The van der Waals surface area contributed by atoms with E-state index in [1.54, 1.807) is 6.07 Å². The SMILES string of the molecule is CC(=O)Nc1cccc(NS(=O)(=O)CC(=O)O)c1. The number of carboxylic acids is 1. The van der Waals surface area contributed by atoms with Gasteiger partial charge in [0.2, 0.25) is 15.9 Å². The number of anilines is 2. The topological polar surface area (TPSA) is 113 Å². The van der Waals surface area contributed by atoms with Gasteiger partial charge in [-0.3, -0.25) is 14.3 Å². The van der Waals surface area contributed by atoms with Gasteiger partial charge >= 0.3 is 5.97 Å². The van der Waals surface area contributed by atoms with Crippen molar-refractivity contribution in [3.8, 4) is 0 Å². The van der Waals surface area contributed by atoms with Crippen molar-refractivity contribution < 1.29 is 23.1 Å². The van der Waals surface area contributed by atoms with Crippen LogP contribution in [0.1, 0.15) is 6.92 Å². The van der Waals surface area contributed by atoms with E-state index < -0.39 is 21.7 Å². The van der Waals surface area contributed by atoms with Crippen molar-refractivity contribution in [2.75, 3.05) is 15.8 Å². The average Bonchev–Trinajstić information content (AvgIpc) is 2.13. The Hall–Kier alpha value is -2.09. The lowest BCUT2D eigenvalue weighted by Gasteiger charge is -2.08. The minimum atomic E-state index is -3.94. The van der Waals surface area contributed by atoms with Crippen molar-refractivity contribution in [3.05, 3.63) is 24.3 Å². The molecule has 0 radical (unpaired) electrons. The molecule has 0 heterocycles. The molecule has 0 fully saturated rings. The van der Waals surface area contributed by atoms with Gasteiger partial charge in [0.25, 0.3) is 0 Å². The Balaban J connectivity index is 2.85. The first-order chi connectivity index (χ1) is 8.28. The molecule has 7 nitrogen and oxygen atoms in total. The number of amides is 1. The third-order valence-electron chi connectivity index (χ3n) is 1.77. The van der Waals surface area contributed by atoms with Crippen molar-refractivity contribution in [1.29, 1.82) is 0 Å². The third-order valence-corrected chi connectivity index (χ3v) is 2.94. The van der Waals surface area contributed by atoms with Crippen LogP contribution in [0.5, 0.6) is 0 Å². The largest absolute Gasteiger partial charge is 0.480 e. The van der Waals surface area contributed by atoms with Crippen molar-refractivity contribution in [3.63, 3.8) is 0 Å². The Morgan fingerprint density at radius 1 is 1.28 bits per heavy atom. The van der Waals surface area contributed by atoms with E-state index in [1.807, 2.05) is 0 Å². The van der Waals surface area contributed by atoms with Gasteiger partial charge in [-0.25, -0.2) is 8.42 Å². The Labute approximate surface area is 104 Å². The molecule has 0 aromatic heterocycles. The minimum Gasteiger partial charge on any atom is -0.480 e. The molecule has 0 aliphatic rings. The predicted molar refractivity (Wildman–Crippen MR) is 65.8 cm³/mol. The molecule has 18 heavy (non-hydrogen) atoms. The normalized spacial score (nSPS) is 10.7. The molecule has 0 spiro atoms. The molecule has 0 unspecified atom stereocenters. The van der Waals surface area contributed by atoms with Gasteiger partial charge in [0.1, 0.15) is 0 Å². The molecule has 0 bridgehead atoms. The molecule has 0 atom stereocenters. The highest BCUT2D eigenvalue weighted by Gasteiger charge is 2.15. The number of carboxylic acid groups (broad SMARTS) is 1. The Morgan fingerprint density at radius 3 is 2.44 bits per heavy atom. The Bertz CT molecular complexity index is 567. The number of carbonyl (C=O) groups is 2. The van der Waals surface area contributed by atoms with Gasteiger partial charge in [0.05, 0.1) is 5.69 Å². The zero-order chi connectivity index (χ0) is 13.8. The monoisotopic (exact) mass is 272 g/mol. The van der Waals surface area contributed by atoms with E-state index in [0.29, 0.717) is 5.69 Å². The fourth-order valence-corrected chi connectivity index (χ4v) is 2.13. The molecule has 1 aromatic rings. The number of aliphatic carboxylic acids is 1. The summed E-state index contributed by atoms with van der Waals surface area (Å²) in [5, 5.41) is 10.9. The molecule has 0 saturated carbocycles. The van der Waals surface area contributed by atoms with Crippen molar-refractivity contribution in [1.82, 2.24) is 0 Å². The van der Waals surface area contributed by atoms with E-state index in [0.717, 1.165) is 0 Å². The van der Waals surface area contributed by atoms with E-state index in [2.05, 4.69) is 10.0 Å². The molecule has 0 aliphatic heterocycles. The molecule has 1 rings (SSSR count). The summed E-state index contributed by atoms with van der Waals surface area (Å²) >= 11 is 0. The van der Waals surface area contributed by atoms with E-state index in [4.69, 9.17) is 5.11 Å². The van der Waals surface area contributed by atoms with Gasteiger partial charge in [0.15, 0.2) is 5.75 Å². The van der Waals surface area contributed by atoms with Crippen LogP contribution in [0.15, 0.2) is 24.3 Å². The first-order valence-corrected chi connectivity index (χ1v) is 6.54. The van der Waals surface area contributed by atoms with Crippen molar-refractivity contribution in [2.24, 2.45) is 0 Å². The highest BCUT2D eigenvalue weighted by molar-refractivity contribution is 7.93. The Morgan fingerprint density at radius 2 is 1.89 bits per heavy atom. The number of carbonyl (C=O) groups excluding carboxylic acids is 1. The second kappa shape index (κ2) is 5.50. The van der Waals surface area contributed by atoms with Crippen LogP contribution in [-0.4, -0.2) is 31.2 Å². The lowest BCUT2D eigenvalue weighted by molar-refractivity contribution is -0.134. The summed E-state index contributed by atoms with van der Waals surface area (Å²) in [6.45, 7) is 1.32. The van der Waals surface area contributed by atoms with Crippen LogP contribution in [0.4, 0.5) is 11.4 Å². The summed E-state index contributed by atoms with van der Waals surface area (Å²) in [4.78, 5) is 21.2. The predicted octanol–water partition coefficient (Wildman–Crippen LogP) is 0.471. The van der Waals surface area contributed by atoms with Gasteiger partial charge in [-0.05, 0) is 18.2 Å². The van der Waals surface area contributed by atoms with Crippen LogP contribution in [0, 0.1) is 0 Å². The van der Waals surface area contributed by atoms with E-state index in [9.17, 15) is 18.0 Å². The maximum absolute atomic E-state index is 11.4. The van der Waals surface area contributed by atoms with E-state index >= 15 is 0 Å². The molecule has 1 aromatic carbocycles. The maximum atomic E-state index is 11.4. The molecule has 0 aliphatic carbocycles. The van der Waals surface area contributed by atoms with Crippen LogP contribution >= 0.6 is 0 Å². The third kappa shape index (κ3) is 4.83. The fourth-order valence-electron chi connectivity index (χ4n) is 1.24. The lowest BCUT2D eigenvalue weighted by Crippen LogP contribution is -2.22. The number of sulfonamides is 1. The summed E-state index contributed by atoms with van der Waals surface area (Å²) in [5.74, 6) is -2.75. The number of nitrogens with one attached hydrogen (secondary N) is 2. The zero-order valence-electron chi connectivity index (χ0n) is 9.50. The van der Waals surface area contributed by atoms with Gasteiger partial charge in [-0.2, -0.15) is 0 Å². The standard InChI is InChI=1S/C10H12N2O5S/c1-7(13)11-8-3-2-4-9(5-8)12-18(16,17)6-10(14)15/h2-5,12H,6H2,1H3,(H,11,13)(H,14,15). The van der Waals surface area contributed by atoms with Gasteiger partial charge in [-0.15, -0.1) is 0 Å². The summed E-state index contributed by atoms with van der Waals surface area (Å²) in [6.07, 6.45) is 0. The van der Waals surface area contributed by atoms with Crippen molar-refractivity contribution >= 4 is 33.3 Å². The van der Waals surface area contributed by atoms with Gasteiger partial charge in [0, 0.05) is 12.6 Å². The fraction of sp³-hybridized carbons (Fsp3) is 0.200. The maximum Gasteiger partial charge on any atom is 0.320 e. The van der Waals surface area contributed by atoms with Crippen LogP contribution in [0.2, 0.25) is 0 Å². The second-order valence-electron chi connectivity index (χ2n) is 3.52. The first kappa shape index (κ1) is 14.0. The molecule has 3 N–H and O–H groups in total. The summed E-state index contributed by atoms with van der Waals surface area (Å²) in [6, 6.07) is 5.95. The molecule has 98 valence electrons. The average molecular weight is 272 g/mol. The molecule has 1 amide bonds. The quantitative estimate of drug-likeness (QED) is 0.721. The number of rotatable bonds is 5. The minimum absolute atomic E-state index is 0.183. The van der Waals surface area contributed by atoms with Crippen molar-refractivity contribution in [2.45, 2.75) is 6.92 Å². The summed E-state index contributed by atoms with van der Waals surface area (Å²) in [7, 11) is -3.94. The second-order valence-corrected chi connectivity index (χ2v) is 5.24. The zero-order valence-corrected chi connectivity index (χ0v) is 10.3. The number of hydrogen-bond donors (Lipinski definition) is 3. The smallest absolute Gasteiger partial charge is 0.320 e. The van der Waals surface area contributed by atoms with E-state index in [1.165, 1.54) is 25.1 Å². The Kier molecular flexibility index (Phi) is 4.27. The molecule has 0 saturated heterocycles. The molecular weight excluding hydrogens is 260 g/mol. The lowest BCUT2D eigenvalue weighted by atomic mass is 10.3. The number of benzene rings is 1. The van der Waals surface area contributed by atoms with Gasteiger partial charge in [-0.1, -0.05) is 6.07 Å². The summed E-state index contributed by atoms with van der Waals surface area (Å²) in [5.41, 5.74) is 0.598. The number of hydrogen-bond acceptors (Lipinski definition) is 4. The highest BCUT2D eigenvalue weighted by atomic mass is 32.2. The van der Waals surface area contributed by atoms with Crippen LogP contribution < -0.4 is 10.0 Å². The first-order valence-electron chi connectivity index (χ1n) is 4.88. The van der Waals surface area contributed by atoms with Crippen LogP contribution in [0.25, 0.3) is 0 Å². The molecular formula is C10H12N2O5S. The van der Waals surface area contributed by atoms with E-state index in [-0.39, 0.29) is 11.6 Å².